The molecule has 7 heteroatoms. The molecule has 0 fully saturated rings. The van der Waals surface area contributed by atoms with Crippen molar-refractivity contribution < 1.29 is 9.53 Å². The fourth-order valence-electron chi connectivity index (χ4n) is 2.46. The van der Waals surface area contributed by atoms with E-state index in [1.807, 2.05) is 13.8 Å². The van der Waals surface area contributed by atoms with Crippen LogP contribution in [0.5, 0.6) is 5.75 Å². The second-order valence-corrected chi connectivity index (χ2v) is 5.13. The number of carbonyl (C=O) groups excluding carboxylic acids is 1. The molecule has 0 saturated heterocycles. The van der Waals surface area contributed by atoms with Crippen LogP contribution >= 0.6 is 0 Å². The van der Waals surface area contributed by atoms with Gasteiger partial charge in [-0.2, -0.15) is 9.67 Å². The average Bonchev–Trinajstić information content (AvgIpc) is 2.95. The first-order valence-electron chi connectivity index (χ1n) is 6.69. The molecule has 1 amide bonds. The van der Waals surface area contributed by atoms with Crippen LogP contribution in [0.3, 0.4) is 0 Å². The third-order valence-corrected chi connectivity index (χ3v) is 3.47. The zero-order chi connectivity index (χ0) is 15.1. The monoisotopic (exact) mass is 288 g/mol. The topological polar surface area (TPSA) is 69.4 Å². The van der Waals surface area contributed by atoms with E-state index in [4.69, 9.17) is 4.74 Å². The average molecular weight is 288 g/mol. The number of benzene rings is 1. The lowest BCUT2D eigenvalue weighted by Crippen LogP contribution is -2.34. The molecule has 0 radical (unpaired) electrons. The minimum atomic E-state index is -0.386. The van der Waals surface area contributed by atoms with Crippen LogP contribution in [0.25, 0.3) is 0 Å². The molecule has 3 rings (SSSR count). The number of hydrogen-bond donors (Lipinski definition) is 0. The molecule has 110 valence electrons. The second-order valence-electron chi connectivity index (χ2n) is 5.13. The van der Waals surface area contributed by atoms with Crippen LogP contribution in [0.15, 0.2) is 29.1 Å². The fraction of sp³-hybridized carbons (Fsp3) is 0.357. The van der Waals surface area contributed by atoms with Crippen LogP contribution < -0.4 is 15.3 Å². The van der Waals surface area contributed by atoms with Crippen LogP contribution in [0.1, 0.15) is 25.7 Å². The number of fused-ring (bicyclic) bond motifs is 1. The molecule has 0 atom stereocenters. The maximum absolute atomic E-state index is 12.5. The fourth-order valence-corrected chi connectivity index (χ4v) is 2.46. The van der Waals surface area contributed by atoms with Gasteiger partial charge in [0, 0.05) is 5.69 Å². The summed E-state index contributed by atoms with van der Waals surface area (Å²) in [7, 11) is 1.59. The Hall–Kier alpha value is -2.57. The van der Waals surface area contributed by atoms with Crippen molar-refractivity contribution >= 4 is 11.7 Å². The number of ether oxygens (including phenoxy) is 1. The Labute approximate surface area is 121 Å². The van der Waals surface area contributed by atoms with Crippen molar-refractivity contribution in [1.29, 1.82) is 0 Å². The third-order valence-electron chi connectivity index (χ3n) is 3.47. The molecule has 21 heavy (non-hydrogen) atoms. The van der Waals surface area contributed by atoms with Gasteiger partial charge in [0.05, 0.1) is 19.7 Å². The summed E-state index contributed by atoms with van der Waals surface area (Å²) in [4.78, 5) is 29.9. The number of anilines is 1. The number of carbonyl (C=O) groups is 1. The summed E-state index contributed by atoms with van der Waals surface area (Å²) in [6.45, 7) is 3.99. The third kappa shape index (κ3) is 2.01. The molecule has 0 unspecified atom stereocenters. The van der Waals surface area contributed by atoms with Crippen LogP contribution in [-0.4, -0.2) is 27.5 Å². The SMILES string of the molecule is COc1ccc(N2Cc3nc(=O)n(C(C)C)n3C2=O)cc1. The minimum Gasteiger partial charge on any atom is -0.497 e. The Morgan fingerprint density at radius 3 is 2.43 bits per heavy atom. The van der Waals surface area contributed by atoms with E-state index < -0.39 is 0 Å². The van der Waals surface area contributed by atoms with Gasteiger partial charge in [0.1, 0.15) is 5.75 Å². The van der Waals surface area contributed by atoms with Gasteiger partial charge in [0.2, 0.25) is 0 Å². The number of hydrogen-bond acceptors (Lipinski definition) is 4. The molecular formula is C14H16N4O3. The molecule has 0 spiro atoms. The minimum absolute atomic E-state index is 0.126. The van der Waals surface area contributed by atoms with Gasteiger partial charge in [-0.15, -0.1) is 0 Å². The Morgan fingerprint density at radius 2 is 1.86 bits per heavy atom. The molecule has 1 aliphatic heterocycles. The smallest absolute Gasteiger partial charge is 0.364 e. The van der Waals surface area contributed by atoms with E-state index in [-0.39, 0.29) is 17.8 Å². The number of rotatable bonds is 3. The molecule has 1 aromatic carbocycles. The highest BCUT2D eigenvalue weighted by Gasteiger charge is 2.33. The van der Waals surface area contributed by atoms with Crippen molar-refractivity contribution in [3.63, 3.8) is 0 Å². The van der Waals surface area contributed by atoms with Crippen molar-refractivity contribution in [1.82, 2.24) is 14.3 Å². The Bertz CT molecular complexity index is 743. The van der Waals surface area contributed by atoms with E-state index in [9.17, 15) is 9.59 Å². The first kappa shape index (κ1) is 13.4. The van der Waals surface area contributed by atoms with Crippen LogP contribution in [0.2, 0.25) is 0 Å². The van der Waals surface area contributed by atoms with E-state index in [0.29, 0.717) is 12.4 Å². The normalized spacial score (nSPS) is 13.9. The molecule has 1 aromatic heterocycles. The van der Waals surface area contributed by atoms with Gasteiger partial charge in [0.25, 0.3) is 0 Å². The van der Waals surface area contributed by atoms with Gasteiger partial charge < -0.3 is 4.74 Å². The van der Waals surface area contributed by atoms with Gasteiger partial charge in [-0.25, -0.2) is 14.3 Å². The molecule has 7 nitrogen and oxygen atoms in total. The number of nitrogens with zero attached hydrogens (tertiary/aromatic N) is 4. The first-order chi connectivity index (χ1) is 10.0. The molecular weight excluding hydrogens is 272 g/mol. The van der Waals surface area contributed by atoms with Crippen molar-refractivity contribution in [2.24, 2.45) is 0 Å². The summed E-state index contributed by atoms with van der Waals surface area (Å²) >= 11 is 0. The van der Waals surface area contributed by atoms with Gasteiger partial charge in [-0.05, 0) is 38.1 Å². The highest BCUT2D eigenvalue weighted by molar-refractivity contribution is 5.95. The van der Waals surface area contributed by atoms with Gasteiger partial charge in [-0.3, -0.25) is 4.90 Å². The highest BCUT2D eigenvalue weighted by atomic mass is 16.5. The van der Waals surface area contributed by atoms with E-state index in [1.165, 1.54) is 9.36 Å². The zero-order valence-corrected chi connectivity index (χ0v) is 12.1. The van der Waals surface area contributed by atoms with E-state index >= 15 is 0 Å². The van der Waals surface area contributed by atoms with Gasteiger partial charge in [-0.1, -0.05) is 0 Å². The number of amides is 1. The van der Waals surface area contributed by atoms with Crippen LogP contribution in [0, 0.1) is 0 Å². The first-order valence-corrected chi connectivity index (χ1v) is 6.69. The molecule has 2 aromatic rings. The molecule has 2 heterocycles. The van der Waals surface area contributed by atoms with Crippen LogP contribution in [-0.2, 0) is 6.54 Å². The van der Waals surface area contributed by atoms with Crippen molar-refractivity contribution in [3.05, 3.63) is 40.6 Å². The maximum Gasteiger partial charge on any atom is 0.364 e. The Balaban J connectivity index is 1.99. The molecule has 0 saturated carbocycles. The van der Waals surface area contributed by atoms with E-state index in [0.717, 1.165) is 11.4 Å². The Kier molecular flexibility index (Phi) is 3.04. The predicted molar refractivity (Wildman–Crippen MR) is 76.8 cm³/mol. The van der Waals surface area contributed by atoms with Gasteiger partial charge in [0.15, 0.2) is 5.82 Å². The van der Waals surface area contributed by atoms with Gasteiger partial charge >= 0.3 is 11.7 Å². The maximum atomic E-state index is 12.5. The largest absolute Gasteiger partial charge is 0.497 e. The van der Waals surface area contributed by atoms with Crippen molar-refractivity contribution in [2.75, 3.05) is 12.0 Å². The Morgan fingerprint density at radius 1 is 1.19 bits per heavy atom. The molecule has 1 aliphatic rings. The number of methoxy groups -OCH3 is 1. The predicted octanol–water partition coefficient (Wildman–Crippen LogP) is 1.62. The summed E-state index contributed by atoms with van der Waals surface area (Å²) in [5.41, 5.74) is 0.358. The van der Waals surface area contributed by atoms with E-state index in [2.05, 4.69) is 4.98 Å². The molecule has 0 N–H and O–H groups in total. The summed E-state index contributed by atoms with van der Waals surface area (Å²) in [6.07, 6.45) is 0. The lowest BCUT2D eigenvalue weighted by atomic mass is 10.3. The molecule has 0 aliphatic carbocycles. The summed E-state index contributed by atoms with van der Waals surface area (Å²) in [6, 6.07) is 6.80. The van der Waals surface area contributed by atoms with Crippen molar-refractivity contribution in [3.8, 4) is 5.75 Å². The summed E-state index contributed by atoms with van der Waals surface area (Å²) < 4.78 is 7.84. The summed E-state index contributed by atoms with van der Waals surface area (Å²) in [5, 5.41) is 0. The second kappa shape index (κ2) is 4.76. The standard InChI is InChI=1S/C14H16N4O3/c1-9(2)17-13(19)15-12-8-16(14(20)18(12)17)10-4-6-11(21-3)7-5-10/h4-7,9H,8H2,1-3H3. The lowest BCUT2D eigenvalue weighted by Gasteiger charge is -2.17. The van der Waals surface area contributed by atoms with Crippen LogP contribution in [0.4, 0.5) is 10.5 Å². The van der Waals surface area contributed by atoms with E-state index in [1.54, 1.807) is 36.3 Å². The quantitative estimate of drug-likeness (QED) is 0.860. The molecule has 0 bridgehead atoms. The lowest BCUT2D eigenvalue weighted by molar-refractivity contribution is 0.242. The zero-order valence-electron chi connectivity index (χ0n) is 12.1. The summed E-state index contributed by atoms with van der Waals surface area (Å²) in [5.74, 6) is 1.19. The number of aromatic nitrogens is 3. The van der Waals surface area contributed by atoms with Crippen molar-refractivity contribution in [2.45, 2.75) is 26.4 Å². The highest BCUT2D eigenvalue weighted by Crippen LogP contribution is 2.25.